The Morgan fingerprint density at radius 1 is 0.938 bits per heavy atom. The summed E-state index contributed by atoms with van der Waals surface area (Å²) in [6.07, 6.45) is 2.16. The van der Waals surface area contributed by atoms with Crippen molar-refractivity contribution >= 4 is 12.1 Å². The normalized spacial score (nSPS) is 24.3. The lowest BCUT2D eigenvalue weighted by Crippen LogP contribution is -2.49. The van der Waals surface area contributed by atoms with Crippen molar-refractivity contribution in [2.45, 2.75) is 45.3 Å². The molecule has 0 spiro atoms. The molecule has 3 aliphatic heterocycles. The van der Waals surface area contributed by atoms with E-state index in [1.807, 2.05) is 4.90 Å². The number of cyclic esters (lactones) is 1. The second-order valence-corrected chi connectivity index (χ2v) is 9.60. The maximum Gasteiger partial charge on any atom is 0.410 e. The Morgan fingerprint density at radius 2 is 1.53 bits per heavy atom. The molecule has 3 heterocycles. The highest BCUT2D eigenvalue weighted by molar-refractivity contribution is 5.70. The zero-order chi connectivity index (χ0) is 22.9. The molecular formula is C23H43N5O4. The first kappa shape index (κ1) is 25.2. The zero-order valence-corrected chi connectivity index (χ0v) is 20.3. The molecule has 3 rings (SSSR count). The van der Waals surface area contributed by atoms with E-state index in [4.69, 9.17) is 9.47 Å². The topological polar surface area (TPSA) is 68.8 Å². The molecule has 0 bridgehead atoms. The fourth-order valence-electron chi connectivity index (χ4n) is 4.87. The van der Waals surface area contributed by atoms with Gasteiger partial charge in [-0.05, 0) is 39.8 Å². The number of carbonyl (C=O) groups excluding carboxylic acids is 2. The first-order valence-corrected chi connectivity index (χ1v) is 12.4. The molecule has 0 aromatic carbocycles. The zero-order valence-electron chi connectivity index (χ0n) is 20.3. The van der Waals surface area contributed by atoms with Crippen molar-refractivity contribution in [2.75, 3.05) is 92.2 Å². The lowest BCUT2D eigenvalue weighted by Gasteiger charge is -2.37. The van der Waals surface area contributed by atoms with Gasteiger partial charge in [-0.15, -0.1) is 0 Å². The molecule has 184 valence electrons. The van der Waals surface area contributed by atoms with Crippen LogP contribution in [0.3, 0.4) is 0 Å². The number of hydrogen-bond donors (Lipinski definition) is 0. The number of nitrogens with zero attached hydrogens (tertiary/aromatic N) is 5. The fourth-order valence-corrected chi connectivity index (χ4v) is 4.87. The third kappa shape index (κ3) is 7.86. The Morgan fingerprint density at radius 3 is 2.16 bits per heavy atom. The van der Waals surface area contributed by atoms with Crippen molar-refractivity contribution in [3.8, 4) is 0 Å². The first-order valence-electron chi connectivity index (χ1n) is 12.4. The minimum absolute atomic E-state index is 0.0250. The van der Waals surface area contributed by atoms with E-state index in [1.54, 1.807) is 0 Å². The van der Waals surface area contributed by atoms with Crippen LogP contribution in [0.15, 0.2) is 0 Å². The summed E-state index contributed by atoms with van der Waals surface area (Å²) in [7, 11) is 1.44. The van der Waals surface area contributed by atoms with Crippen LogP contribution in [0.1, 0.15) is 33.1 Å². The van der Waals surface area contributed by atoms with Crippen LogP contribution >= 0.6 is 0 Å². The molecule has 1 atom stereocenters. The summed E-state index contributed by atoms with van der Waals surface area (Å²) in [5.74, 6) is -0.134. The van der Waals surface area contributed by atoms with Gasteiger partial charge in [0.2, 0.25) is 0 Å². The van der Waals surface area contributed by atoms with Gasteiger partial charge in [-0.25, -0.2) is 4.79 Å². The summed E-state index contributed by atoms with van der Waals surface area (Å²) in [6, 6.07) is 0.628. The van der Waals surface area contributed by atoms with E-state index in [0.29, 0.717) is 19.0 Å². The number of hydrogen-bond acceptors (Lipinski definition) is 8. The van der Waals surface area contributed by atoms with Crippen LogP contribution in [-0.4, -0.2) is 141 Å². The van der Waals surface area contributed by atoms with Crippen molar-refractivity contribution in [1.82, 2.24) is 24.5 Å². The number of carbonyl (C=O) groups is 2. The van der Waals surface area contributed by atoms with Crippen LogP contribution < -0.4 is 0 Å². The van der Waals surface area contributed by atoms with E-state index in [-0.39, 0.29) is 18.2 Å². The van der Waals surface area contributed by atoms with Crippen LogP contribution in [0.5, 0.6) is 0 Å². The largest absolute Gasteiger partial charge is 0.469 e. The number of rotatable bonds is 11. The maximum atomic E-state index is 12.3. The predicted molar refractivity (Wildman–Crippen MR) is 124 cm³/mol. The van der Waals surface area contributed by atoms with Crippen LogP contribution in [0.2, 0.25) is 0 Å². The Kier molecular flexibility index (Phi) is 10.0. The van der Waals surface area contributed by atoms with Gasteiger partial charge in [-0.2, -0.15) is 0 Å². The van der Waals surface area contributed by atoms with Gasteiger partial charge in [-0.1, -0.05) is 0 Å². The summed E-state index contributed by atoms with van der Waals surface area (Å²) in [5.41, 5.74) is 0. The second-order valence-electron chi connectivity index (χ2n) is 9.60. The molecule has 1 unspecified atom stereocenters. The van der Waals surface area contributed by atoms with Gasteiger partial charge >= 0.3 is 12.1 Å². The highest BCUT2D eigenvalue weighted by Crippen LogP contribution is 2.15. The Hall–Kier alpha value is -1.42. The smallest absolute Gasteiger partial charge is 0.410 e. The molecule has 32 heavy (non-hydrogen) atoms. The third-order valence-corrected chi connectivity index (χ3v) is 7.00. The van der Waals surface area contributed by atoms with Crippen LogP contribution in [0.25, 0.3) is 0 Å². The molecule has 3 fully saturated rings. The molecule has 0 radical (unpaired) electrons. The van der Waals surface area contributed by atoms with Gasteiger partial charge in [0, 0.05) is 77.9 Å². The van der Waals surface area contributed by atoms with Gasteiger partial charge in [0.05, 0.1) is 13.7 Å². The lowest BCUT2D eigenvalue weighted by atomic mass is 10.2. The third-order valence-electron chi connectivity index (χ3n) is 7.00. The quantitative estimate of drug-likeness (QED) is 0.426. The average molecular weight is 454 g/mol. The number of ether oxygens (including phenoxy) is 2. The molecule has 0 N–H and O–H groups in total. The number of esters is 1. The summed E-state index contributed by atoms with van der Waals surface area (Å²) in [4.78, 5) is 35.3. The van der Waals surface area contributed by atoms with E-state index in [2.05, 4.69) is 33.4 Å². The highest BCUT2D eigenvalue weighted by atomic mass is 16.6. The van der Waals surface area contributed by atoms with E-state index < -0.39 is 0 Å². The number of piperazine rings is 2. The highest BCUT2D eigenvalue weighted by Gasteiger charge is 2.33. The first-order chi connectivity index (χ1) is 15.4. The van der Waals surface area contributed by atoms with E-state index in [9.17, 15) is 9.59 Å². The summed E-state index contributed by atoms with van der Waals surface area (Å²) >= 11 is 0. The molecule has 0 aliphatic carbocycles. The average Bonchev–Trinajstić information content (AvgIpc) is 3.14. The van der Waals surface area contributed by atoms with Gasteiger partial charge in [0.1, 0.15) is 6.10 Å². The molecule has 3 aliphatic rings. The van der Waals surface area contributed by atoms with Gasteiger partial charge in [0.25, 0.3) is 0 Å². The molecular weight excluding hydrogens is 410 g/mol. The summed E-state index contributed by atoms with van der Waals surface area (Å²) < 4.78 is 10.4. The van der Waals surface area contributed by atoms with Gasteiger partial charge in [-0.3, -0.25) is 14.6 Å². The molecule has 0 saturated carbocycles. The number of methoxy groups -OCH3 is 1. The van der Waals surface area contributed by atoms with Crippen molar-refractivity contribution in [3.05, 3.63) is 0 Å². The van der Waals surface area contributed by atoms with Crippen LogP contribution in [-0.2, 0) is 14.3 Å². The van der Waals surface area contributed by atoms with Crippen molar-refractivity contribution < 1.29 is 19.1 Å². The van der Waals surface area contributed by atoms with E-state index in [1.165, 1.54) is 7.11 Å². The summed E-state index contributed by atoms with van der Waals surface area (Å²) in [5, 5.41) is 0. The van der Waals surface area contributed by atoms with E-state index >= 15 is 0 Å². The summed E-state index contributed by atoms with van der Waals surface area (Å²) in [6.45, 7) is 17.3. The van der Waals surface area contributed by atoms with Crippen molar-refractivity contribution in [1.29, 1.82) is 0 Å². The van der Waals surface area contributed by atoms with Crippen molar-refractivity contribution in [2.24, 2.45) is 0 Å². The Labute approximate surface area is 193 Å². The molecule has 9 nitrogen and oxygen atoms in total. The fraction of sp³-hybridized carbons (Fsp3) is 0.913. The molecule has 0 aromatic rings. The minimum atomic E-state index is -0.152. The molecule has 1 amide bonds. The van der Waals surface area contributed by atoms with Crippen LogP contribution in [0.4, 0.5) is 4.79 Å². The van der Waals surface area contributed by atoms with E-state index in [0.717, 1.165) is 91.4 Å². The monoisotopic (exact) mass is 453 g/mol. The maximum absolute atomic E-state index is 12.3. The lowest BCUT2D eigenvalue weighted by molar-refractivity contribution is -0.140. The Balaban J connectivity index is 1.26. The Bertz CT molecular complexity index is 589. The SMILES string of the molecule is COC(=O)CCCN1CCN(CC2CN(CCCN3CCN(C(C)C)CC3)C(=O)O2)CC1. The molecule has 3 saturated heterocycles. The predicted octanol–water partition coefficient (Wildman–Crippen LogP) is 0.794. The van der Waals surface area contributed by atoms with Gasteiger partial charge < -0.3 is 24.2 Å². The van der Waals surface area contributed by atoms with Crippen molar-refractivity contribution in [3.63, 3.8) is 0 Å². The van der Waals surface area contributed by atoms with Gasteiger partial charge in [0.15, 0.2) is 0 Å². The molecule has 0 aromatic heterocycles. The minimum Gasteiger partial charge on any atom is -0.469 e. The second kappa shape index (κ2) is 12.7. The standard InChI is InChI=1S/C23H43N5O4/c1-20(2)27-16-14-25(15-17-27)8-5-9-28-19-21(32-23(28)30)18-26-12-10-24(11-13-26)7-4-6-22(29)31-3/h20-21H,4-19H2,1-3H3. The van der Waals surface area contributed by atoms with Crippen LogP contribution in [0, 0.1) is 0 Å². The molecule has 9 heteroatoms. The number of amides is 1.